The molecule has 0 spiro atoms. The maximum Gasteiger partial charge on any atom is 0.282 e. The average Bonchev–Trinajstić information content (AvgIpc) is 3.00. The summed E-state index contributed by atoms with van der Waals surface area (Å²) in [5.41, 5.74) is 2.62. The number of hydrogen-bond donors (Lipinski definition) is 1. The third-order valence-electron chi connectivity index (χ3n) is 5.36. The molecule has 2 amide bonds. The molecule has 32 heavy (non-hydrogen) atoms. The Bertz CT molecular complexity index is 1300. The lowest BCUT2D eigenvalue weighted by atomic mass is 10.0. The van der Waals surface area contributed by atoms with Gasteiger partial charge in [0.2, 0.25) is 0 Å². The smallest absolute Gasteiger partial charge is 0.282 e. The van der Waals surface area contributed by atoms with Crippen LogP contribution in [-0.4, -0.2) is 16.7 Å². The van der Waals surface area contributed by atoms with Gasteiger partial charge in [0.25, 0.3) is 17.5 Å². The van der Waals surface area contributed by atoms with Crippen molar-refractivity contribution in [2.75, 3.05) is 10.2 Å². The van der Waals surface area contributed by atoms with Crippen molar-refractivity contribution < 1.29 is 18.9 Å². The largest absolute Gasteiger partial charge is 0.350 e. The monoisotopic (exact) mass is 431 g/mol. The summed E-state index contributed by atoms with van der Waals surface area (Å²) < 4.78 is 13.7. The predicted molar refractivity (Wildman–Crippen MR) is 118 cm³/mol. The fourth-order valence-electron chi connectivity index (χ4n) is 3.57. The standard InChI is InChI=1S/C24H18FN3O4/c1-14-5-3-8-20(15(14)2)27-23(29)21(16-9-11-19(12-10-16)28(31)32)22(24(27)30)26-18-7-4-6-17(25)13-18/h3-13,26H,1-2H3. The molecule has 0 atom stereocenters. The summed E-state index contributed by atoms with van der Waals surface area (Å²) in [7, 11) is 0. The molecule has 0 aromatic heterocycles. The number of carbonyl (C=O) groups is 2. The van der Waals surface area contributed by atoms with Crippen molar-refractivity contribution in [3.05, 3.63) is 105 Å². The van der Waals surface area contributed by atoms with Crippen LogP contribution in [0.3, 0.4) is 0 Å². The minimum absolute atomic E-state index is 0.0321. The van der Waals surface area contributed by atoms with E-state index in [1.54, 1.807) is 18.2 Å². The second-order valence-electron chi connectivity index (χ2n) is 7.35. The van der Waals surface area contributed by atoms with Crippen molar-refractivity contribution in [2.24, 2.45) is 0 Å². The normalized spacial score (nSPS) is 13.7. The minimum atomic E-state index is -0.596. The predicted octanol–water partition coefficient (Wildman–Crippen LogP) is 4.75. The minimum Gasteiger partial charge on any atom is -0.350 e. The lowest BCUT2D eigenvalue weighted by molar-refractivity contribution is -0.384. The Balaban J connectivity index is 1.85. The number of rotatable bonds is 5. The quantitative estimate of drug-likeness (QED) is 0.358. The molecule has 1 N–H and O–H groups in total. The molecule has 0 bridgehead atoms. The maximum absolute atomic E-state index is 13.7. The molecule has 0 saturated heterocycles. The number of nitrogens with zero attached hydrogens (tertiary/aromatic N) is 2. The molecule has 0 aliphatic carbocycles. The number of non-ortho nitro benzene ring substituents is 1. The topological polar surface area (TPSA) is 92.6 Å². The van der Waals surface area contributed by atoms with E-state index in [4.69, 9.17) is 0 Å². The van der Waals surface area contributed by atoms with Crippen molar-refractivity contribution in [1.29, 1.82) is 0 Å². The summed E-state index contributed by atoms with van der Waals surface area (Å²) in [6.45, 7) is 3.69. The van der Waals surface area contributed by atoms with Gasteiger partial charge in [-0.3, -0.25) is 19.7 Å². The molecule has 3 aromatic carbocycles. The molecule has 1 heterocycles. The second kappa shape index (κ2) is 8.07. The zero-order valence-electron chi connectivity index (χ0n) is 17.3. The van der Waals surface area contributed by atoms with E-state index in [2.05, 4.69) is 5.32 Å². The number of nitro benzene ring substituents is 1. The van der Waals surface area contributed by atoms with Gasteiger partial charge in [0, 0.05) is 17.8 Å². The lowest BCUT2D eigenvalue weighted by Crippen LogP contribution is -2.33. The van der Waals surface area contributed by atoms with Gasteiger partial charge >= 0.3 is 0 Å². The molecule has 0 fully saturated rings. The average molecular weight is 431 g/mol. The van der Waals surface area contributed by atoms with Crippen LogP contribution >= 0.6 is 0 Å². The van der Waals surface area contributed by atoms with E-state index in [0.29, 0.717) is 16.9 Å². The Kier molecular flexibility index (Phi) is 5.28. The van der Waals surface area contributed by atoms with Gasteiger partial charge in [-0.05, 0) is 66.9 Å². The van der Waals surface area contributed by atoms with Crippen LogP contribution in [-0.2, 0) is 9.59 Å². The maximum atomic E-state index is 13.7. The molecule has 0 saturated carbocycles. The van der Waals surface area contributed by atoms with Crippen molar-refractivity contribution in [3.8, 4) is 0 Å². The fourth-order valence-corrected chi connectivity index (χ4v) is 3.57. The highest BCUT2D eigenvalue weighted by molar-refractivity contribution is 6.46. The first-order chi connectivity index (χ1) is 15.3. The van der Waals surface area contributed by atoms with E-state index < -0.39 is 22.6 Å². The van der Waals surface area contributed by atoms with Gasteiger partial charge in [-0.15, -0.1) is 0 Å². The van der Waals surface area contributed by atoms with Gasteiger partial charge in [0.05, 0.1) is 16.2 Å². The number of nitrogens with one attached hydrogen (secondary N) is 1. The molecule has 1 aliphatic heterocycles. The number of anilines is 2. The SMILES string of the molecule is Cc1cccc(N2C(=O)C(Nc3cccc(F)c3)=C(c3ccc([N+](=O)[O-])cc3)C2=O)c1C. The first-order valence-corrected chi connectivity index (χ1v) is 9.74. The number of imide groups is 1. The molecule has 4 rings (SSSR count). The van der Waals surface area contributed by atoms with Crippen molar-refractivity contribution in [2.45, 2.75) is 13.8 Å². The molecule has 8 heteroatoms. The van der Waals surface area contributed by atoms with E-state index in [-0.39, 0.29) is 17.0 Å². The highest BCUT2D eigenvalue weighted by Crippen LogP contribution is 2.36. The Morgan fingerprint density at radius 1 is 0.938 bits per heavy atom. The Morgan fingerprint density at radius 2 is 1.62 bits per heavy atom. The summed E-state index contributed by atoms with van der Waals surface area (Å²) >= 11 is 0. The molecule has 0 unspecified atom stereocenters. The molecule has 3 aromatic rings. The Labute approximate surface area is 182 Å². The van der Waals surface area contributed by atoms with E-state index in [0.717, 1.165) is 16.0 Å². The van der Waals surface area contributed by atoms with Crippen LogP contribution in [0.4, 0.5) is 21.5 Å². The highest BCUT2D eigenvalue weighted by atomic mass is 19.1. The number of benzene rings is 3. The van der Waals surface area contributed by atoms with Crippen molar-refractivity contribution in [3.63, 3.8) is 0 Å². The Hall–Kier alpha value is -4.33. The van der Waals surface area contributed by atoms with Crippen LogP contribution in [0.25, 0.3) is 5.57 Å². The van der Waals surface area contributed by atoms with Crippen LogP contribution in [0.15, 0.2) is 72.4 Å². The number of nitro groups is 1. The van der Waals surface area contributed by atoms with E-state index in [9.17, 15) is 24.1 Å². The first kappa shape index (κ1) is 20.9. The molecule has 160 valence electrons. The van der Waals surface area contributed by atoms with E-state index in [1.807, 2.05) is 19.9 Å². The molecule has 1 aliphatic rings. The Morgan fingerprint density at radius 3 is 2.28 bits per heavy atom. The molecule has 0 radical (unpaired) electrons. The summed E-state index contributed by atoms with van der Waals surface area (Å²) in [4.78, 5) is 38.4. The fraction of sp³-hybridized carbons (Fsp3) is 0.0833. The third-order valence-corrected chi connectivity index (χ3v) is 5.36. The molecule has 7 nitrogen and oxygen atoms in total. The van der Waals surface area contributed by atoms with Crippen molar-refractivity contribution in [1.82, 2.24) is 0 Å². The second-order valence-corrected chi connectivity index (χ2v) is 7.35. The van der Waals surface area contributed by atoms with Gasteiger partial charge in [-0.2, -0.15) is 0 Å². The van der Waals surface area contributed by atoms with Crippen LogP contribution in [0.5, 0.6) is 0 Å². The number of halogens is 1. The first-order valence-electron chi connectivity index (χ1n) is 9.74. The van der Waals surface area contributed by atoms with Crippen LogP contribution < -0.4 is 10.2 Å². The van der Waals surface area contributed by atoms with Gasteiger partial charge in [-0.1, -0.05) is 18.2 Å². The number of hydrogen-bond acceptors (Lipinski definition) is 5. The number of amides is 2. The van der Waals surface area contributed by atoms with E-state index >= 15 is 0 Å². The highest BCUT2D eigenvalue weighted by Gasteiger charge is 2.41. The van der Waals surface area contributed by atoms with Gasteiger partial charge in [0.15, 0.2) is 0 Å². The van der Waals surface area contributed by atoms with Crippen LogP contribution in [0.1, 0.15) is 16.7 Å². The third kappa shape index (κ3) is 3.62. The van der Waals surface area contributed by atoms with Crippen LogP contribution in [0, 0.1) is 29.8 Å². The van der Waals surface area contributed by atoms with E-state index in [1.165, 1.54) is 42.5 Å². The van der Waals surface area contributed by atoms with Gasteiger partial charge in [-0.25, -0.2) is 9.29 Å². The summed E-state index contributed by atoms with van der Waals surface area (Å²) in [6, 6.07) is 16.2. The summed E-state index contributed by atoms with van der Waals surface area (Å²) in [5.74, 6) is -1.67. The molecular formula is C24H18FN3O4. The van der Waals surface area contributed by atoms with Gasteiger partial charge < -0.3 is 5.32 Å². The van der Waals surface area contributed by atoms with Gasteiger partial charge in [0.1, 0.15) is 11.5 Å². The zero-order valence-corrected chi connectivity index (χ0v) is 17.3. The van der Waals surface area contributed by atoms with Crippen molar-refractivity contribution >= 4 is 34.4 Å². The summed E-state index contributed by atoms with van der Waals surface area (Å²) in [6.07, 6.45) is 0. The molecular weight excluding hydrogens is 413 g/mol. The zero-order chi connectivity index (χ0) is 23.0. The van der Waals surface area contributed by atoms with Crippen LogP contribution in [0.2, 0.25) is 0 Å². The summed E-state index contributed by atoms with van der Waals surface area (Å²) in [5, 5.41) is 13.9. The lowest BCUT2D eigenvalue weighted by Gasteiger charge is -2.19. The number of carbonyl (C=O) groups excluding carboxylic acids is 2. The number of aryl methyl sites for hydroxylation is 1.